The fraction of sp³-hybridized carbons (Fsp3) is 0.278. The van der Waals surface area contributed by atoms with Crippen molar-refractivity contribution in [1.29, 1.82) is 0 Å². The van der Waals surface area contributed by atoms with Crippen LogP contribution < -0.4 is 5.32 Å². The number of likely N-dealkylation sites (N-methyl/N-ethyl adjacent to an activating group) is 1. The topological polar surface area (TPSA) is 32.3 Å². The molecule has 0 aromatic heterocycles. The first-order chi connectivity index (χ1) is 10.3. The van der Waals surface area contributed by atoms with Crippen LogP contribution >= 0.6 is 0 Å². The molecule has 1 amide bonds. The molecule has 0 spiro atoms. The highest BCUT2D eigenvalue weighted by atomic mass is 16.1. The smallest absolute Gasteiger partial charge is 0.221 e. The molecule has 21 heavy (non-hydrogen) atoms. The average molecular weight is 280 g/mol. The van der Waals surface area contributed by atoms with Gasteiger partial charge in [-0.15, -0.1) is 0 Å². The quantitative estimate of drug-likeness (QED) is 0.917. The summed E-state index contributed by atoms with van der Waals surface area (Å²) in [5.41, 5.74) is 2.43. The van der Waals surface area contributed by atoms with E-state index in [9.17, 15) is 4.79 Å². The van der Waals surface area contributed by atoms with Crippen molar-refractivity contribution in [2.75, 3.05) is 13.6 Å². The Kier molecular flexibility index (Phi) is 4.02. The van der Waals surface area contributed by atoms with Gasteiger partial charge < -0.3 is 5.32 Å². The molecule has 3 nitrogen and oxygen atoms in total. The lowest BCUT2D eigenvalue weighted by Gasteiger charge is -2.32. The Morgan fingerprint density at radius 2 is 1.43 bits per heavy atom. The van der Waals surface area contributed by atoms with E-state index < -0.39 is 0 Å². The van der Waals surface area contributed by atoms with E-state index in [1.807, 2.05) is 36.4 Å². The summed E-state index contributed by atoms with van der Waals surface area (Å²) < 4.78 is 0. The van der Waals surface area contributed by atoms with Gasteiger partial charge in [-0.1, -0.05) is 60.7 Å². The molecule has 1 saturated heterocycles. The SMILES string of the molecule is CN1[C@@H](c2ccccc2)CC(=O)NC[C@H]1c1ccccc1. The lowest BCUT2D eigenvalue weighted by Crippen LogP contribution is -2.31. The largest absolute Gasteiger partial charge is 0.354 e. The Labute approximate surface area is 125 Å². The third-order valence-electron chi connectivity index (χ3n) is 4.22. The Bertz CT molecular complexity index is 597. The summed E-state index contributed by atoms with van der Waals surface area (Å²) in [5.74, 6) is 0.120. The number of rotatable bonds is 2. The van der Waals surface area contributed by atoms with Crippen LogP contribution in [0, 0.1) is 0 Å². The van der Waals surface area contributed by atoms with Crippen molar-refractivity contribution in [1.82, 2.24) is 10.2 Å². The van der Waals surface area contributed by atoms with Crippen LogP contribution in [0.25, 0.3) is 0 Å². The van der Waals surface area contributed by atoms with Gasteiger partial charge in [0.25, 0.3) is 0 Å². The minimum absolute atomic E-state index is 0.110. The van der Waals surface area contributed by atoms with E-state index in [0.717, 1.165) is 0 Å². The van der Waals surface area contributed by atoms with Gasteiger partial charge >= 0.3 is 0 Å². The second-order valence-electron chi connectivity index (χ2n) is 5.53. The minimum atomic E-state index is 0.110. The zero-order chi connectivity index (χ0) is 14.7. The Hall–Kier alpha value is -2.13. The maximum Gasteiger partial charge on any atom is 0.221 e. The number of nitrogens with one attached hydrogen (secondary N) is 1. The molecule has 0 aliphatic carbocycles. The lowest BCUT2D eigenvalue weighted by atomic mass is 9.99. The standard InChI is InChI=1S/C18H20N2O/c1-20-16(14-8-4-2-5-9-14)12-18(21)19-13-17(20)15-10-6-3-7-11-15/h2-11,16-17H,12-13H2,1H3,(H,19,21)/t16-,17+/m1/s1. The van der Waals surface area contributed by atoms with Crippen LogP contribution in [0.5, 0.6) is 0 Å². The second kappa shape index (κ2) is 6.10. The van der Waals surface area contributed by atoms with Gasteiger partial charge in [-0.25, -0.2) is 0 Å². The zero-order valence-electron chi connectivity index (χ0n) is 12.2. The van der Waals surface area contributed by atoms with Crippen LogP contribution in [0.3, 0.4) is 0 Å². The minimum Gasteiger partial charge on any atom is -0.354 e. The molecule has 1 N–H and O–H groups in total. The molecular weight excluding hydrogens is 260 g/mol. The number of carbonyl (C=O) groups is 1. The molecule has 0 radical (unpaired) electrons. The van der Waals surface area contributed by atoms with E-state index in [1.54, 1.807) is 0 Å². The third-order valence-corrected chi connectivity index (χ3v) is 4.22. The molecule has 1 aliphatic rings. The highest BCUT2D eigenvalue weighted by molar-refractivity contribution is 5.77. The summed E-state index contributed by atoms with van der Waals surface area (Å²) in [6.07, 6.45) is 0.504. The van der Waals surface area contributed by atoms with Crippen LogP contribution in [0.1, 0.15) is 29.6 Å². The molecule has 2 atom stereocenters. The van der Waals surface area contributed by atoms with E-state index in [0.29, 0.717) is 13.0 Å². The van der Waals surface area contributed by atoms with Crippen LogP contribution in [-0.2, 0) is 4.79 Å². The summed E-state index contributed by atoms with van der Waals surface area (Å²) in [6, 6.07) is 20.9. The van der Waals surface area contributed by atoms with Gasteiger partial charge in [-0.05, 0) is 18.2 Å². The fourth-order valence-corrected chi connectivity index (χ4v) is 3.02. The number of benzene rings is 2. The van der Waals surface area contributed by atoms with Crippen molar-refractivity contribution in [2.45, 2.75) is 18.5 Å². The molecule has 0 saturated carbocycles. The van der Waals surface area contributed by atoms with Gasteiger partial charge in [-0.3, -0.25) is 9.69 Å². The molecule has 1 fully saturated rings. The van der Waals surface area contributed by atoms with Gasteiger partial charge in [0.2, 0.25) is 5.91 Å². The van der Waals surface area contributed by atoms with E-state index >= 15 is 0 Å². The number of hydrogen-bond acceptors (Lipinski definition) is 2. The van der Waals surface area contributed by atoms with Gasteiger partial charge in [-0.2, -0.15) is 0 Å². The van der Waals surface area contributed by atoms with Crippen molar-refractivity contribution in [3.8, 4) is 0 Å². The Morgan fingerprint density at radius 1 is 0.905 bits per heavy atom. The first kappa shape index (κ1) is 13.8. The third kappa shape index (κ3) is 2.98. The van der Waals surface area contributed by atoms with E-state index in [4.69, 9.17) is 0 Å². The molecular formula is C18H20N2O. The number of hydrogen-bond donors (Lipinski definition) is 1. The van der Waals surface area contributed by atoms with Gasteiger partial charge in [0.1, 0.15) is 0 Å². The molecule has 3 heteroatoms. The first-order valence-electron chi connectivity index (χ1n) is 7.34. The predicted octanol–water partition coefficient (Wildman–Crippen LogP) is 2.92. The normalized spacial score (nSPS) is 23.4. The highest BCUT2D eigenvalue weighted by Gasteiger charge is 2.30. The summed E-state index contributed by atoms with van der Waals surface area (Å²) in [7, 11) is 2.11. The predicted molar refractivity (Wildman–Crippen MR) is 83.8 cm³/mol. The first-order valence-corrected chi connectivity index (χ1v) is 7.34. The van der Waals surface area contributed by atoms with Gasteiger partial charge in [0.15, 0.2) is 0 Å². The summed E-state index contributed by atoms with van der Waals surface area (Å²) in [6.45, 7) is 0.655. The van der Waals surface area contributed by atoms with Gasteiger partial charge in [0, 0.05) is 19.0 Å². The monoisotopic (exact) mass is 280 g/mol. The summed E-state index contributed by atoms with van der Waals surface area (Å²) >= 11 is 0. The van der Waals surface area contributed by atoms with Crippen LogP contribution in [0.4, 0.5) is 0 Å². The van der Waals surface area contributed by atoms with Crippen molar-refractivity contribution in [2.24, 2.45) is 0 Å². The maximum absolute atomic E-state index is 12.1. The lowest BCUT2D eigenvalue weighted by molar-refractivity contribution is -0.121. The van der Waals surface area contributed by atoms with Gasteiger partial charge in [0.05, 0.1) is 6.04 Å². The van der Waals surface area contributed by atoms with Crippen LogP contribution in [0.2, 0.25) is 0 Å². The van der Waals surface area contributed by atoms with Crippen LogP contribution in [-0.4, -0.2) is 24.4 Å². The maximum atomic E-state index is 12.1. The summed E-state index contributed by atoms with van der Waals surface area (Å²) in [5, 5.41) is 3.04. The highest BCUT2D eigenvalue weighted by Crippen LogP contribution is 2.32. The van der Waals surface area contributed by atoms with E-state index in [1.165, 1.54) is 11.1 Å². The van der Waals surface area contributed by atoms with Crippen molar-refractivity contribution in [3.63, 3.8) is 0 Å². The summed E-state index contributed by atoms with van der Waals surface area (Å²) in [4.78, 5) is 14.4. The molecule has 2 aromatic carbocycles. The second-order valence-corrected chi connectivity index (χ2v) is 5.53. The van der Waals surface area contributed by atoms with Crippen molar-refractivity contribution in [3.05, 3.63) is 71.8 Å². The molecule has 1 aliphatic heterocycles. The molecule has 1 heterocycles. The number of amides is 1. The van der Waals surface area contributed by atoms with Crippen molar-refractivity contribution < 1.29 is 4.79 Å². The Morgan fingerprint density at radius 3 is 2.00 bits per heavy atom. The zero-order valence-corrected chi connectivity index (χ0v) is 12.2. The fourth-order valence-electron chi connectivity index (χ4n) is 3.02. The van der Waals surface area contributed by atoms with Crippen molar-refractivity contribution >= 4 is 5.91 Å². The van der Waals surface area contributed by atoms with E-state index in [2.05, 4.69) is 41.5 Å². The molecule has 0 bridgehead atoms. The number of nitrogens with zero attached hydrogens (tertiary/aromatic N) is 1. The molecule has 108 valence electrons. The Balaban J connectivity index is 1.94. The van der Waals surface area contributed by atoms with Crippen LogP contribution in [0.15, 0.2) is 60.7 Å². The average Bonchev–Trinajstić information content (AvgIpc) is 2.68. The van der Waals surface area contributed by atoms with E-state index in [-0.39, 0.29) is 18.0 Å². The molecule has 3 rings (SSSR count). The number of carbonyl (C=O) groups excluding carboxylic acids is 1. The molecule has 0 unspecified atom stereocenters. The molecule has 2 aromatic rings.